The lowest BCUT2D eigenvalue weighted by atomic mass is 10.1. The number of nitrogens with one attached hydrogen (secondary N) is 3. The lowest BCUT2D eigenvalue weighted by Crippen LogP contribution is -2.38. The van der Waals surface area contributed by atoms with E-state index in [1.807, 2.05) is 4.90 Å². The summed E-state index contributed by atoms with van der Waals surface area (Å²) in [5.74, 6) is -0.461. The minimum absolute atomic E-state index is 0.0339. The van der Waals surface area contributed by atoms with Gasteiger partial charge in [-0.1, -0.05) is 0 Å². The highest BCUT2D eigenvalue weighted by Crippen LogP contribution is 2.22. The van der Waals surface area contributed by atoms with Gasteiger partial charge in [0.05, 0.1) is 18.2 Å². The average Bonchev–Trinajstić information content (AvgIpc) is 3.28. The number of rotatable bonds is 7. The number of nitrogens with zero attached hydrogens (tertiary/aromatic N) is 2. The first-order valence-corrected chi connectivity index (χ1v) is 10.6. The summed E-state index contributed by atoms with van der Waals surface area (Å²) in [6, 6.07) is 12.6. The molecule has 8 nitrogen and oxygen atoms in total. The van der Waals surface area contributed by atoms with Gasteiger partial charge in [0.15, 0.2) is 0 Å². The molecule has 170 valence electrons. The van der Waals surface area contributed by atoms with Crippen LogP contribution in [-0.2, 0) is 4.74 Å². The van der Waals surface area contributed by atoms with E-state index in [1.54, 1.807) is 31.4 Å². The van der Waals surface area contributed by atoms with Gasteiger partial charge in [0.1, 0.15) is 11.5 Å². The van der Waals surface area contributed by atoms with Gasteiger partial charge in [0, 0.05) is 42.0 Å². The summed E-state index contributed by atoms with van der Waals surface area (Å²) in [4.78, 5) is 29.8. The Morgan fingerprint density at radius 3 is 2.82 bits per heavy atom. The van der Waals surface area contributed by atoms with E-state index >= 15 is 0 Å². The minimum atomic E-state index is -0.435. The number of methoxy groups -OCH3 is 1. The molecule has 2 heterocycles. The number of aromatic nitrogens is 1. The van der Waals surface area contributed by atoms with Crippen LogP contribution in [0.3, 0.4) is 0 Å². The minimum Gasteiger partial charge on any atom is -0.383 e. The summed E-state index contributed by atoms with van der Waals surface area (Å²) in [7, 11) is 1.64. The second kappa shape index (κ2) is 9.74. The van der Waals surface area contributed by atoms with Crippen molar-refractivity contribution in [1.29, 1.82) is 5.53 Å². The molecule has 1 aromatic heterocycles. The number of hydrogen-bond acceptors (Lipinski definition) is 6. The van der Waals surface area contributed by atoms with Crippen LogP contribution in [0.25, 0.3) is 16.6 Å². The number of carbonyl (C=O) groups excluding carboxylic acids is 1. The van der Waals surface area contributed by atoms with Crippen molar-refractivity contribution in [2.24, 2.45) is 5.11 Å². The number of aromatic amines is 1. The Hall–Kier alpha value is -3.85. The quantitative estimate of drug-likeness (QED) is 0.466. The lowest BCUT2D eigenvalue weighted by Gasteiger charge is -2.24. The summed E-state index contributed by atoms with van der Waals surface area (Å²) >= 11 is 0. The monoisotopic (exact) mass is 449 g/mol. The van der Waals surface area contributed by atoms with Crippen molar-refractivity contribution >= 4 is 28.2 Å². The van der Waals surface area contributed by atoms with Gasteiger partial charge in [0.25, 0.3) is 11.5 Å². The van der Waals surface area contributed by atoms with Crippen LogP contribution in [0.2, 0.25) is 0 Å². The van der Waals surface area contributed by atoms with Crippen LogP contribution in [0, 0.1) is 11.3 Å². The van der Waals surface area contributed by atoms with Gasteiger partial charge in [0.2, 0.25) is 0 Å². The molecule has 1 saturated heterocycles. The Kier molecular flexibility index (Phi) is 6.60. The number of likely N-dealkylation sites (tertiary alicyclic amines) is 1. The van der Waals surface area contributed by atoms with E-state index in [-0.39, 0.29) is 23.2 Å². The van der Waals surface area contributed by atoms with Gasteiger partial charge in [-0.2, -0.15) is 5.11 Å². The third-order valence-corrected chi connectivity index (χ3v) is 5.71. The van der Waals surface area contributed by atoms with Crippen LogP contribution < -0.4 is 10.9 Å². The van der Waals surface area contributed by atoms with Crippen molar-refractivity contribution in [1.82, 2.24) is 9.88 Å². The molecule has 2 aromatic carbocycles. The molecule has 4 rings (SSSR count). The third kappa shape index (κ3) is 4.83. The zero-order valence-corrected chi connectivity index (χ0v) is 18.1. The highest BCUT2D eigenvalue weighted by atomic mass is 19.1. The van der Waals surface area contributed by atoms with E-state index in [1.165, 1.54) is 30.5 Å². The highest BCUT2D eigenvalue weighted by Gasteiger charge is 2.29. The average molecular weight is 449 g/mol. The fourth-order valence-corrected chi connectivity index (χ4v) is 4.03. The number of fused-ring (bicyclic) bond motifs is 1. The molecular weight excluding hydrogens is 425 g/mol. The van der Waals surface area contributed by atoms with Crippen molar-refractivity contribution in [3.8, 4) is 0 Å². The summed E-state index contributed by atoms with van der Waals surface area (Å²) in [5, 5.41) is 6.94. The molecule has 0 unspecified atom stereocenters. The second-order valence-corrected chi connectivity index (χ2v) is 7.86. The number of carbonyl (C=O) groups is 1. The summed E-state index contributed by atoms with van der Waals surface area (Å²) in [5.41, 5.74) is 9.00. The molecule has 3 aromatic rings. The Balaban J connectivity index is 1.52. The van der Waals surface area contributed by atoms with Crippen LogP contribution in [0.1, 0.15) is 28.8 Å². The summed E-state index contributed by atoms with van der Waals surface area (Å²) in [6.07, 6.45) is 3.32. The maximum Gasteiger partial charge on any atom is 0.258 e. The molecule has 0 spiro atoms. The topological polar surface area (TPSA) is 111 Å². The predicted molar refractivity (Wildman–Crippen MR) is 124 cm³/mol. The summed E-state index contributed by atoms with van der Waals surface area (Å²) < 4.78 is 18.8. The maximum absolute atomic E-state index is 13.6. The van der Waals surface area contributed by atoms with Crippen molar-refractivity contribution in [3.05, 3.63) is 82.0 Å². The SMILES string of the molecule is COC[C@@H]1CCCN1C(=O)c1ccc(N/C=C(\N=N)c2cc3cc(F)ccc3[nH]c2=O)cc1. The number of amides is 1. The van der Waals surface area contributed by atoms with E-state index in [2.05, 4.69) is 15.4 Å². The molecule has 1 amide bonds. The second-order valence-electron chi connectivity index (χ2n) is 7.86. The van der Waals surface area contributed by atoms with E-state index in [0.29, 0.717) is 35.3 Å². The number of ether oxygens (including phenoxy) is 1. The Labute approximate surface area is 189 Å². The lowest BCUT2D eigenvalue weighted by molar-refractivity contribution is 0.0630. The van der Waals surface area contributed by atoms with Crippen LogP contribution in [0.5, 0.6) is 0 Å². The zero-order chi connectivity index (χ0) is 23.4. The van der Waals surface area contributed by atoms with Crippen LogP contribution in [-0.4, -0.2) is 42.1 Å². The normalized spacial score (nSPS) is 16.2. The molecule has 9 heteroatoms. The van der Waals surface area contributed by atoms with Gasteiger partial charge in [-0.25, -0.2) is 9.92 Å². The fraction of sp³-hybridized carbons (Fsp3) is 0.250. The molecule has 1 aliphatic heterocycles. The van der Waals surface area contributed by atoms with Crippen molar-refractivity contribution in [2.75, 3.05) is 25.6 Å². The molecule has 0 saturated carbocycles. The van der Waals surface area contributed by atoms with Crippen molar-refractivity contribution < 1.29 is 13.9 Å². The standard InChI is InChI=1S/C24H24FN5O3/c1-33-14-19-3-2-10-30(19)24(32)15-4-7-18(8-5-15)27-13-22(29-26)20-12-16-11-17(25)6-9-21(16)28-23(20)31/h4-9,11-13,19,26-27H,2-3,10,14H2,1H3,(H,28,31)/b22-13-,29-26?/t19-/m0/s1. The Bertz CT molecular complexity index is 1270. The zero-order valence-electron chi connectivity index (χ0n) is 18.1. The highest BCUT2D eigenvalue weighted by molar-refractivity contribution is 5.95. The van der Waals surface area contributed by atoms with Crippen LogP contribution >= 0.6 is 0 Å². The van der Waals surface area contributed by atoms with Gasteiger partial charge in [-0.15, -0.1) is 0 Å². The van der Waals surface area contributed by atoms with E-state index < -0.39 is 11.4 Å². The van der Waals surface area contributed by atoms with Crippen LogP contribution in [0.15, 0.2) is 64.6 Å². The van der Waals surface area contributed by atoms with Crippen molar-refractivity contribution in [2.45, 2.75) is 18.9 Å². The Morgan fingerprint density at radius 2 is 2.09 bits per heavy atom. The molecule has 0 bridgehead atoms. The van der Waals surface area contributed by atoms with Gasteiger partial charge in [-0.3, -0.25) is 9.59 Å². The summed E-state index contributed by atoms with van der Waals surface area (Å²) in [6.45, 7) is 1.24. The number of pyridine rings is 1. The molecule has 1 aliphatic rings. The molecule has 1 fully saturated rings. The number of H-pyrrole nitrogens is 1. The maximum atomic E-state index is 13.6. The molecule has 3 N–H and O–H groups in total. The molecule has 1 atom stereocenters. The fourth-order valence-electron chi connectivity index (χ4n) is 4.03. The van der Waals surface area contributed by atoms with Crippen molar-refractivity contribution in [3.63, 3.8) is 0 Å². The van der Waals surface area contributed by atoms with Gasteiger partial charge < -0.3 is 19.9 Å². The first-order chi connectivity index (χ1) is 16.0. The van der Waals surface area contributed by atoms with E-state index in [4.69, 9.17) is 10.3 Å². The van der Waals surface area contributed by atoms with Gasteiger partial charge in [-0.05, 0) is 61.4 Å². The van der Waals surface area contributed by atoms with Crippen LogP contribution in [0.4, 0.5) is 10.1 Å². The first-order valence-electron chi connectivity index (χ1n) is 10.6. The molecule has 0 aliphatic carbocycles. The van der Waals surface area contributed by atoms with E-state index in [0.717, 1.165) is 12.8 Å². The molecule has 0 radical (unpaired) electrons. The number of anilines is 1. The smallest absolute Gasteiger partial charge is 0.258 e. The largest absolute Gasteiger partial charge is 0.383 e. The third-order valence-electron chi connectivity index (χ3n) is 5.71. The van der Waals surface area contributed by atoms with Gasteiger partial charge >= 0.3 is 0 Å². The number of halogens is 1. The number of hydrogen-bond donors (Lipinski definition) is 3. The Morgan fingerprint density at radius 1 is 1.30 bits per heavy atom. The predicted octanol–water partition coefficient (Wildman–Crippen LogP) is 4.36. The molecule has 33 heavy (non-hydrogen) atoms. The van der Waals surface area contributed by atoms with E-state index in [9.17, 15) is 14.0 Å². The molecular formula is C24H24FN5O3. The first kappa shape index (κ1) is 22.3. The number of benzene rings is 2.